The van der Waals surface area contributed by atoms with Gasteiger partial charge in [-0.05, 0) is 59.7 Å². The summed E-state index contributed by atoms with van der Waals surface area (Å²) >= 11 is 0. The maximum absolute atomic E-state index is 13.2. The van der Waals surface area contributed by atoms with Crippen molar-refractivity contribution in [3.8, 4) is 28.4 Å². The Kier molecular flexibility index (Phi) is 4.93. The minimum absolute atomic E-state index is 0.213. The van der Waals surface area contributed by atoms with Crippen LogP contribution in [0.3, 0.4) is 0 Å². The average Bonchev–Trinajstić information content (AvgIpc) is 3.24. The lowest BCUT2D eigenvalue weighted by Crippen LogP contribution is -2.45. The third-order valence-electron chi connectivity index (χ3n) is 5.74. The molecule has 0 amide bonds. The zero-order chi connectivity index (χ0) is 20.5. The van der Waals surface area contributed by atoms with Crippen LogP contribution in [0.15, 0.2) is 60.7 Å². The molecule has 0 unspecified atom stereocenters. The van der Waals surface area contributed by atoms with Crippen LogP contribution in [0.1, 0.15) is 5.56 Å². The fraction of sp³-hybridized carbons (Fsp3) is 0.250. The first-order chi connectivity index (χ1) is 14.7. The van der Waals surface area contributed by atoms with Crippen LogP contribution in [-0.4, -0.2) is 43.0 Å². The molecule has 3 aromatic carbocycles. The Morgan fingerprint density at radius 1 is 0.800 bits per heavy atom. The van der Waals surface area contributed by atoms with Gasteiger partial charge in [0.15, 0.2) is 11.5 Å². The van der Waals surface area contributed by atoms with Crippen molar-refractivity contribution in [2.75, 3.05) is 37.9 Å². The molecular weight excluding hydrogens is 383 g/mol. The van der Waals surface area contributed by atoms with Gasteiger partial charge in [0.1, 0.15) is 11.6 Å². The van der Waals surface area contributed by atoms with Gasteiger partial charge in [-0.3, -0.25) is 4.90 Å². The Balaban J connectivity index is 1.27. The number of piperazine rings is 1. The van der Waals surface area contributed by atoms with Gasteiger partial charge in [0, 0.05) is 44.0 Å². The van der Waals surface area contributed by atoms with E-state index in [9.17, 15) is 9.50 Å². The molecule has 2 heterocycles. The average molecular weight is 406 g/mol. The summed E-state index contributed by atoms with van der Waals surface area (Å²) < 4.78 is 24.0. The second-order valence-electron chi connectivity index (χ2n) is 7.65. The highest BCUT2D eigenvalue weighted by atomic mass is 19.1. The van der Waals surface area contributed by atoms with E-state index >= 15 is 0 Å². The molecule has 5 rings (SSSR count). The fourth-order valence-corrected chi connectivity index (χ4v) is 4.02. The lowest BCUT2D eigenvalue weighted by atomic mass is 10.0. The summed E-state index contributed by atoms with van der Waals surface area (Å²) in [6.07, 6.45) is 0. The molecule has 5 nitrogen and oxygen atoms in total. The van der Waals surface area contributed by atoms with Crippen molar-refractivity contribution in [1.82, 2.24) is 4.90 Å². The molecule has 2 aliphatic rings. The number of aromatic hydroxyl groups is 1. The largest absolute Gasteiger partial charge is 0.508 e. The van der Waals surface area contributed by atoms with E-state index in [0.717, 1.165) is 60.1 Å². The van der Waals surface area contributed by atoms with Crippen molar-refractivity contribution >= 4 is 5.69 Å². The van der Waals surface area contributed by atoms with Gasteiger partial charge in [-0.1, -0.05) is 12.1 Å². The molecule has 1 N–H and O–H groups in total. The van der Waals surface area contributed by atoms with Crippen LogP contribution in [0.5, 0.6) is 17.2 Å². The minimum atomic E-state index is -0.213. The second kappa shape index (κ2) is 7.88. The van der Waals surface area contributed by atoms with E-state index in [4.69, 9.17) is 9.47 Å². The summed E-state index contributed by atoms with van der Waals surface area (Å²) in [6, 6.07) is 18.3. The second-order valence-corrected chi connectivity index (χ2v) is 7.65. The summed E-state index contributed by atoms with van der Waals surface area (Å²) in [5.41, 5.74) is 4.01. The summed E-state index contributed by atoms with van der Waals surface area (Å²) in [4.78, 5) is 4.59. The number of hydrogen-bond donors (Lipinski definition) is 1. The van der Waals surface area contributed by atoms with Gasteiger partial charge in [0.25, 0.3) is 0 Å². The van der Waals surface area contributed by atoms with E-state index in [1.54, 1.807) is 6.07 Å². The molecule has 6 heteroatoms. The van der Waals surface area contributed by atoms with Gasteiger partial charge < -0.3 is 19.5 Å². The third kappa shape index (κ3) is 3.78. The van der Waals surface area contributed by atoms with Crippen molar-refractivity contribution < 1.29 is 19.0 Å². The molecule has 0 saturated carbocycles. The van der Waals surface area contributed by atoms with Gasteiger partial charge >= 0.3 is 0 Å². The molecule has 3 aromatic rings. The number of ether oxygens (including phenoxy) is 2. The van der Waals surface area contributed by atoms with Gasteiger partial charge in [-0.25, -0.2) is 4.39 Å². The van der Waals surface area contributed by atoms with Crippen LogP contribution in [0.25, 0.3) is 11.1 Å². The maximum atomic E-state index is 13.2. The highest BCUT2D eigenvalue weighted by Gasteiger charge is 2.19. The van der Waals surface area contributed by atoms with E-state index in [0.29, 0.717) is 12.3 Å². The Labute approximate surface area is 174 Å². The van der Waals surface area contributed by atoms with Crippen molar-refractivity contribution in [3.63, 3.8) is 0 Å². The number of anilines is 1. The molecule has 0 radical (unpaired) electrons. The lowest BCUT2D eigenvalue weighted by Gasteiger charge is -2.36. The van der Waals surface area contributed by atoms with Crippen LogP contribution < -0.4 is 14.4 Å². The van der Waals surface area contributed by atoms with E-state index < -0.39 is 0 Å². The predicted molar refractivity (Wildman–Crippen MR) is 114 cm³/mol. The molecule has 1 fully saturated rings. The molecule has 30 heavy (non-hydrogen) atoms. The number of rotatable bonds is 4. The molecule has 0 aliphatic carbocycles. The summed E-state index contributed by atoms with van der Waals surface area (Å²) in [5, 5.41) is 10.4. The maximum Gasteiger partial charge on any atom is 0.231 e. The van der Waals surface area contributed by atoms with Crippen molar-refractivity contribution in [3.05, 3.63) is 72.0 Å². The zero-order valence-electron chi connectivity index (χ0n) is 16.6. The number of benzene rings is 3. The van der Waals surface area contributed by atoms with Gasteiger partial charge in [-0.15, -0.1) is 0 Å². The number of phenolic OH excluding ortho intramolecular Hbond substituents is 1. The molecule has 0 bridgehead atoms. The number of halogens is 1. The van der Waals surface area contributed by atoms with Crippen LogP contribution >= 0.6 is 0 Å². The van der Waals surface area contributed by atoms with E-state index in [1.165, 1.54) is 12.1 Å². The summed E-state index contributed by atoms with van der Waals surface area (Å²) in [7, 11) is 0. The fourth-order valence-electron chi connectivity index (χ4n) is 4.02. The first kappa shape index (κ1) is 18.8. The standard InChI is InChI=1S/C24H23FN2O3/c25-20-3-5-21(6-4-20)27-11-9-26(10-12-27)15-19-13-17(1-7-22(19)28)18-2-8-23-24(14-18)30-16-29-23/h1-8,13-14,28H,9-12,15-16H2. The first-order valence-corrected chi connectivity index (χ1v) is 10.1. The highest BCUT2D eigenvalue weighted by molar-refractivity contribution is 5.69. The van der Waals surface area contributed by atoms with Gasteiger partial charge in [-0.2, -0.15) is 0 Å². The molecule has 0 atom stereocenters. The predicted octanol–water partition coefficient (Wildman–Crippen LogP) is 4.25. The van der Waals surface area contributed by atoms with Crippen molar-refractivity contribution in [2.45, 2.75) is 6.54 Å². The number of phenols is 1. The Bertz CT molecular complexity index is 1050. The van der Waals surface area contributed by atoms with E-state index in [2.05, 4.69) is 9.80 Å². The van der Waals surface area contributed by atoms with Gasteiger partial charge in [0.2, 0.25) is 6.79 Å². The quantitative estimate of drug-likeness (QED) is 0.702. The number of nitrogens with zero attached hydrogens (tertiary/aromatic N) is 2. The normalized spacial score (nSPS) is 16.1. The molecule has 0 spiro atoms. The summed E-state index contributed by atoms with van der Waals surface area (Å²) in [5.74, 6) is 1.60. The highest BCUT2D eigenvalue weighted by Crippen LogP contribution is 2.37. The molecule has 2 aliphatic heterocycles. The van der Waals surface area contributed by atoms with Crippen molar-refractivity contribution in [2.24, 2.45) is 0 Å². The van der Waals surface area contributed by atoms with E-state index in [-0.39, 0.29) is 12.6 Å². The van der Waals surface area contributed by atoms with Crippen LogP contribution in [0.4, 0.5) is 10.1 Å². The van der Waals surface area contributed by atoms with Crippen molar-refractivity contribution in [1.29, 1.82) is 0 Å². The smallest absolute Gasteiger partial charge is 0.231 e. The Morgan fingerprint density at radius 2 is 1.50 bits per heavy atom. The van der Waals surface area contributed by atoms with Crippen LogP contribution in [0.2, 0.25) is 0 Å². The Morgan fingerprint density at radius 3 is 2.30 bits per heavy atom. The first-order valence-electron chi connectivity index (χ1n) is 10.1. The minimum Gasteiger partial charge on any atom is -0.508 e. The molecule has 0 aromatic heterocycles. The summed E-state index contributed by atoms with van der Waals surface area (Å²) in [6.45, 7) is 4.43. The number of hydrogen-bond acceptors (Lipinski definition) is 5. The number of fused-ring (bicyclic) bond motifs is 1. The third-order valence-corrected chi connectivity index (χ3v) is 5.74. The molecule has 1 saturated heterocycles. The zero-order valence-corrected chi connectivity index (χ0v) is 16.6. The molecular formula is C24H23FN2O3. The monoisotopic (exact) mass is 406 g/mol. The van der Waals surface area contributed by atoms with Crippen LogP contribution in [0, 0.1) is 5.82 Å². The topological polar surface area (TPSA) is 45.2 Å². The SMILES string of the molecule is Oc1ccc(-c2ccc3c(c2)OCO3)cc1CN1CCN(c2ccc(F)cc2)CC1. The Hall–Kier alpha value is -3.25. The molecule has 154 valence electrons. The van der Waals surface area contributed by atoms with Crippen LogP contribution in [-0.2, 0) is 6.54 Å². The van der Waals surface area contributed by atoms with E-state index in [1.807, 2.05) is 42.5 Å². The van der Waals surface area contributed by atoms with Gasteiger partial charge in [0.05, 0.1) is 0 Å². The lowest BCUT2D eigenvalue weighted by molar-refractivity contribution is 0.174.